The SMILES string of the molecule is [N-]=[N+]=NCCCNC(=O)c1ccc(Br)c(F)c1. The summed E-state index contributed by atoms with van der Waals surface area (Å²) in [4.78, 5) is 14.1. The number of amides is 1. The van der Waals surface area contributed by atoms with Crippen molar-refractivity contribution >= 4 is 21.8 Å². The van der Waals surface area contributed by atoms with E-state index in [4.69, 9.17) is 5.53 Å². The number of nitrogens with one attached hydrogen (secondary N) is 1. The van der Waals surface area contributed by atoms with Crippen molar-refractivity contribution in [3.05, 3.63) is 44.5 Å². The van der Waals surface area contributed by atoms with Crippen LogP contribution in [0.2, 0.25) is 0 Å². The highest BCUT2D eigenvalue weighted by molar-refractivity contribution is 9.10. The number of hydrogen-bond acceptors (Lipinski definition) is 2. The summed E-state index contributed by atoms with van der Waals surface area (Å²) in [5.74, 6) is -0.830. The Balaban J connectivity index is 2.46. The zero-order valence-electron chi connectivity index (χ0n) is 8.86. The molecule has 1 rings (SSSR count). The van der Waals surface area contributed by atoms with Crippen LogP contribution in [0.1, 0.15) is 16.8 Å². The van der Waals surface area contributed by atoms with Gasteiger partial charge in [-0.1, -0.05) is 5.11 Å². The van der Waals surface area contributed by atoms with E-state index in [2.05, 4.69) is 31.3 Å². The van der Waals surface area contributed by atoms with Crippen molar-refractivity contribution in [3.8, 4) is 0 Å². The van der Waals surface area contributed by atoms with Gasteiger partial charge in [-0.2, -0.15) is 0 Å². The summed E-state index contributed by atoms with van der Waals surface area (Å²) in [6.07, 6.45) is 0.550. The van der Waals surface area contributed by atoms with Crippen LogP contribution in [0.5, 0.6) is 0 Å². The number of nitrogens with zero attached hydrogens (tertiary/aromatic N) is 3. The van der Waals surface area contributed by atoms with Gasteiger partial charge in [0.2, 0.25) is 0 Å². The van der Waals surface area contributed by atoms with Crippen molar-refractivity contribution in [2.45, 2.75) is 6.42 Å². The number of benzene rings is 1. The van der Waals surface area contributed by atoms with Crippen LogP contribution in [0, 0.1) is 5.82 Å². The van der Waals surface area contributed by atoms with E-state index >= 15 is 0 Å². The van der Waals surface area contributed by atoms with Gasteiger partial charge in [0.05, 0.1) is 4.47 Å². The van der Waals surface area contributed by atoms with Gasteiger partial charge in [0, 0.05) is 23.6 Å². The zero-order chi connectivity index (χ0) is 12.7. The molecule has 0 radical (unpaired) electrons. The van der Waals surface area contributed by atoms with Crippen molar-refractivity contribution in [3.63, 3.8) is 0 Å². The van der Waals surface area contributed by atoms with E-state index in [-0.39, 0.29) is 11.5 Å². The predicted octanol–water partition coefficient (Wildman–Crippen LogP) is 3.02. The first kappa shape index (κ1) is 13.5. The summed E-state index contributed by atoms with van der Waals surface area (Å²) in [6.45, 7) is 0.709. The molecular formula is C10H10BrFN4O. The van der Waals surface area contributed by atoms with Crippen molar-refractivity contribution in [2.75, 3.05) is 13.1 Å². The number of rotatable bonds is 5. The molecule has 0 aliphatic carbocycles. The van der Waals surface area contributed by atoms with E-state index in [1.54, 1.807) is 0 Å². The third kappa shape index (κ3) is 4.42. The molecule has 5 nitrogen and oxygen atoms in total. The van der Waals surface area contributed by atoms with Gasteiger partial charge in [0.25, 0.3) is 5.91 Å². The fourth-order valence-corrected chi connectivity index (χ4v) is 1.38. The van der Waals surface area contributed by atoms with Gasteiger partial charge in [-0.25, -0.2) is 4.39 Å². The Labute approximate surface area is 106 Å². The molecule has 0 aliphatic heterocycles. The molecule has 0 saturated carbocycles. The highest BCUT2D eigenvalue weighted by atomic mass is 79.9. The lowest BCUT2D eigenvalue weighted by Gasteiger charge is -2.04. The lowest BCUT2D eigenvalue weighted by atomic mass is 10.2. The Bertz CT molecular complexity index is 460. The van der Waals surface area contributed by atoms with E-state index in [1.165, 1.54) is 12.1 Å². The fraction of sp³-hybridized carbons (Fsp3) is 0.300. The largest absolute Gasteiger partial charge is 0.352 e. The molecule has 1 aromatic rings. The minimum atomic E-state index is -0.480. The van der Waals surface area contributed by atoms with Crippen molar-refractivity contribution in [1.82, 2.24) is 5.32 Å². The maximum absolute atomic E-state index is 13.1. The van der Waals surface area contributed by atoms with Crippen LogP contribution in [-0.2, 0) is 0 Å². The van der Waals surface area contributed by atoms with E-state index in [9.17, 15) is 9.18 Å². The van der Waals surface area contributed by atoms with E-state index in [0.717, 1.165) is 6.07 Å². The highest BCUT2D eigenvalue weighted by Gasteiger charge is 2.07. The second kappa shape index (κ2) is 6.88. The summed E-state index contributed by atoms with van der Waals surface area (Å²) in [7, 11) is 0. The minimum Gasteiger partial charge on any atom is -0.352 e. The Morgan fingerprint density at radius 1 is 1.59 bits per heavy atom. The normalized spacial score (nSPS) is 9.53. The third-order valence-corrected chi connectivity index (χ3v) is 2.61. The average molecular weight is 301 g/mol. The number of azide groups is 1. The molecule has 0 bridgehead atoms. The number of carbonyl (C=O) groups is 1. The van der Waals surface area contributed by atoms with Gasteiger partial charge >= 0.3 is 0 Å². The van der Waals surface area contributed by atoms with E-state index in [1.807, 2.05) is 0 Å². The highest BCUT2D eigenvalue weighted by Crippen LogP contribution is 2.16. The Morgan fingerprint density at radius 2 is 2.35 bits per heavy atom. The number of hydrogen-bond donors (Lipinski definition) is 1. The van der Waals surface area contributed by atoms with Gasteiger partial charge in [0.15, 0.2) is 0 Å². The molecule has 0 unspecified atom stereocenters. The predicted molar refractivity (Wildman–Crippen MR) is 65.1 cm³/mol. The van der Waals surface area contributed by atoms with Gasteiger partial charge in [-0.3, -0.25) is 4.79 Å². The summed E-state index contributed by atoms with van der Waals surface area (Å²) in [5, 5.41) is 5.93. The van der Waals surface area contributed by atoms with Crippen LogP contribution in [0.25, 0.3) is 10.4 Å². The maximum atomic E-state index is 13.1. The Kier molecular flexibility index (Phi) is 5.45. The minimum absolute atomic E-state index is 0.259. The molecular weight excluding hydrogens is 291 g/mol. The van der Waals surface area contributed by atoms with Crippen LogP contribution in [0.15, 0.2) is 27.8 Å². The second-order valence-electron chi connectivity index (χ2n) is 3.19. The molecule has 1 N–H and O–H groups in total. The molecule has 1 amide bonds. The van der Waals surface area contributed by atoms with Crippen molar-refractivity contribution < 1.29 is 9.18 Å². The first-order chi connectivity index (χ1) is 8.15. The van der Waals surface area contributed by atoms with Crippen LogP contribution in [0.4, 0.5) is 4.39 Å². The van der Waals surface area contributed by atoms with Crippen LogP contribution in [0.3, 0.4) is 0 Å². The maximum Gasteiger partial charge on any atom is 0.251 e. The first-order valence-electron chi connectivity index (χ1n) is 4.89. The molecule has 1 aromatic carbocycles. The molecule has 0 aromatic heterocycles. The standard InChI is InChI=1S/C10H10BrFN4O/c11-8-3-2-7(6-9(8)12)10(17)14-4-1-5-15-16-13/h2-3,6H,1,4-5H2,(H,14,17). The van der Waals surface area contributed by atoms with E-state index < -0.39 is 5.82 Å². The van der Waals surface area contributed by atoms with Gasteiger partial charge < -0.3 is 5.32 Å². The van der Waals surface area contributed by atoms with Crippen molar-refractivity contribution in [2.24, 2.45) is 5.11 Å². The smallest absolute Gasteiger partial charge is 0.251 e. The van der Waals surface area contributed by atoms with Crippen LogP contribution in [-0.4, -0.2) is 19.0 Å². The molecule has 0 aliphatic rings. The lowest BCUT2D eigenvalue weighted by molar-refractivity contribution is 0.0953. The summed E-state index contributed by atoms with van der Waals surface area (Å²) in [6, 6.07) is 4.16. The van der Waals surface area contributed by atoms with Gasteiger partial charge in [0.1, 0.15) is 5.82 Å². The summed E-state index contributed by atoms with van der Waals surface area (Å²) in [5.41, 5.74) is 8.29. The first-order valence-corrected chi connectivity index (χ1v) is 5.68. The number of halogens is 2. The molecule has 0 heterocycles. The molecule has 7 heteroatoms. The third-order valence-electron chi connectivity index (χ3n) is 1.97. The summed E-state index contributed by atoms with van der Waals surface area (Å²) >= 11 is 3.01. The molecule has 0 atom stereocenters. The van der Waals surface area contributed by atoms with E-state index in [0.29, 0.717) is 24.0 Å². The van der Waals surface area contributed by atoms with Crippen molar-refractivity contribution in [1.29, 1.82) is 0 Å². The fourth-order valence-electron chi connectivity index (χ4n) is 1.14. The Hall–Kier alpha value is -1.59. The van der Waals surface area contributed by atoms with Gasteiger partial charge in [-0.05, 0) is 46.1 Å². The molecule has 90 valence electrons. The molecule has 0 spiro atoms. The molecule has 17 heavy (non-hydrogen) atoms. The quantitative estimate of drug-likeness (QED) is 0.386. The zero-order valence-corrected chi connectivity index (χ0v) is 10.4. The lowest BCUT2D eigenvalue weighted by Crippen LogP contribution is -2.24. The second-order valence-corrected chi connectivity index (χ2v) is 4.05. The Morgan fingerprint density at radius 3 is 3.00 bits per heavy atom. The molecule has 0 saturated heterocycles. The average Bonchev–Trinajstić information content (AvgIpc) is 2.32. The monoisotopic (exact) mass is 300 g/mol. The summed E-state index contributed by atoms with van der Waals surface area (Å²) < 4.78 is 13.5. The van der Waals surface area contributed by atoms with Gasteiger partial charge in [-0.15, -0.1) is 0 Å². The number of carbonyl (C=O) groups excluding carboxylic acids is 1. The van der Waals surface area contributed by atoms with Crippen LogP contribution < -0.4 is 5.32 Å². The molecule has 0 fully saturated rings. The van der Waals surface area contributed by atoms with Crippen LogP contribution >= 0.6 is 15.9 Å². The topological polar surface area (TPSA) is 77.9 Å².